The third-order valence-electron chi connectivity index (χ3n) is 3.31. The zero-order valence-corrected chi connectivity index (χ0v) is 12.9. The molecule has 0 amide bonds. The maximum absolute atomic E-state index is 9.27. The number of halogens is 3. The van der Waals surface area contributed by atoms with Crippen LogP contribution in [0.15, 0.2) is 18.2 Å². The average Bonchev–Trinajstić information content (AvgIpc) is 2.40. The Bertz CT molecular complexity index is 397. The van der Waals surface area contributed by atoms with Gasteiger partial charge in [-0.25, -0.2) is 0 Å². The van der Waals surface area contributed by atoms with Gasteiger partial charge in [0.25, 0.3) is 0 Å². The summed E-state index contributed by atoms with van der Waals surface area (Å²) < 4.78 is 0. The standard InChI is InChI=1S/C13H18Cl2N2O.ClH/c14-10-1-2-12(15)11(9-10)13(3-8-18)17-6-4-16-5-7-17;/h1-2,9,13,16,18H,3-8H2;1H/t13-;/m0./s1. The minimum absolute atomic E-state index is 0. The van der Waals surface area contributed by atoms with Crippen LogP contribution in [-0.2, 0) is 0 Å². The van der Waals surface area contributed by atoms with Crippen molar-refractivity contribution in [1.82, 2.24) is 10.2 Å². The lowest BCUT2D eigenvalue weighted by Crippen LogP contribution is -2.45. The van der Waals surface area contributed by atoms with E-state index in [1.54, 1.807) is 6.07 Å². The highest BCUT2D eigenvalue weighted by molar-refractivity contribution is 6.33. The van der Waals surface area contributed by atoms with Gasteiger partial charge >= 0.3 is 0 Å². The minimum atomic E-state index is 0. The van der Waals surface area contributed by atoms with Crippen molar-refractivity contribution >= 4 is 35.6 Å². The summed E-state index contributed by atoms with van der Waals surface area (Å²) >= 11 is 12.3. The van der Waals surface area contributed by atoms with Crippen molar-refractivity contribution in [3.8, 4) is 0 Å². The fourth-order valence-electron chi connectivity index (χ4n) is 2.42. The zero-order chi connectivity index (χ0) is 13.0. The monoisotopic (exact) mass is 324 g/mol. The molecule has 1 aliphatic rings. The van der Waals surface area contributed by atoms with Crippen LogP contribution in [-0.4, -0.2) is 42.8 Å². The first kappa shape index (κ1) is 17.0. The first-order valence-electron chi connectivity index (χ1n) is 6.23. The minimum Gasteiger partial charge on any atom is -0.396 e. The van der Waals surface area contributed by atoms with E-state index in [1.165, 1.54) is 0 Å². The van der Waals surface area contributed by atoms with Gasteiger partial charge in [-0.2, -0.15) is 0 Å². The van der Waals surface area contributed by atoms with E-state index in [0.717, 1.165) is 36.8 Å². The molecule has 1 aliphatic heterocycles. The molecular formula is C13H19Cl3N2O. The lowest BCUT2D eigenvalue weighted by molar-refractivity contribution is 0.141. The second-order valence-corrected chi connectivity index (χ2v) is 5.32. The maximum atomic E-state index is 9.27. The predicted octanol–water partition coefficient (Wildman–Crippen LogP) is 2.74. The van der Waals surface area contributed by atoms with E-state index in [9.17, 15) is 5.11 Å². The zero-order valence-electron chi connectivity index (χ0n) is 10.6. The molecule has 1 fully saturated rings. The number of hydrogen-bond donors (Lipinski definition) is 2. The van der Waals surface area contributed by atoms with Crippen molar-refractivity contribution in [2.45, 2.75) is 12.5 Å². The van der Waals surface area contributed by atoms with Crippen molar-refractivity contribution in [3.63, 3.8) is 0 Å². The Hall–Kier alpha value is -0.0300. The van der Waals surface area contributed by atoms with Crippen LogP contribution in [0.2, 0.25) is 10.0 Å². The molecule has 108 valence electrons. The quantitative estimate of drug-likeness (QED) is 0.893. The maximum Gasteiger partial charge on any atom is 0.0454 e. The Morgan fingerprint density at radius 2 is 1.95 bits per heavy atom. The number of nitrogens with one attached hydrogen (secondary N) is 1. The number of piperazine rings is 1. The molecule has 0 spiro atoms. The van der Waals surface area contributed by atoms with Gasteiger partial charge < -0.3 is 10.4 Å². The van der Waals surface area contributed by atoms with Gasteiger partial charge in [-0.1, -0.05) is 23.2 Å². The summed E-state index contributed by atoms with van der Waals surface area (Å²) in [4.78, 5) is 2.35. The Kier molecular flexibility index (Phi) is 7.44. The van der Waals surface area contributed by atoms with Gasteiger partial charge in [0.1, 0.15) is 0 Å². The Labute approximate surface area is 130 Å². The van der Waals surface area contributed by atoms with Gasteiger partial charge in [0.15, 0.2) is 0 Å². The molecule has 6 heteroatoms. The molecule has 1 aromatic rings. The summed E-state index contributed by atoms with van der Waals surface area (Å²) in [6.07, 6.45) is 0.681. The summed E-state index contributed by atoms with van der Waals surface area (Å²) in [6.45, 7) is 4.03. The van der Waals surface area contributed by atoms with Gasteiger partial charge in [0.05, 0.1) is 0 Å². The predicted molar refractivity (Wildman–Crippen MR) is 82.6 cm³/mol. The lowest BCUT2D eigenvalue weighted by Gasteiger charge is -2.35. The van der Waals surface area contributed by atoms with Crippen LogP contribution in [0.25, 0.3) is 0 Å². The normalized spacial score (nSPS) is 17.8. The van der Waals surface area contributed by atoms with Gasteiger partial charge in [-0.3, -0.25) is 4.90 Å². The largest absolute Gasteiger partial charge is 0.396 e. The smallest absolute Gasteiger partial charge is 0.0454 e. The van der Waals surface area contributed by atoms with Crippen LogP contribution in [0, 0.1) is 0 Å². The molecule has 1 heterocycles. The Balaban J connectivity index is 0.00000180. The molecule has 1 saturated heterocycles. The summed E-state index contributed by atoms with van der Waals surface area (Å²) in [5.74, 6) is 0. The van der Waals surface area contributed by atoms with Gasteiger partial charge in [0.2, 0.25) is 0 Å². The van der Waals surface area contributed by atoms with Crippen molar-refractivity contribution in [3.05, 3.63) is 33.8 Å². The molecule has 3 nitrogen and oxygen atoms in total. The van der Waals surface area contributed by atoms with Crippen LogP contribution in [0.1, 0.15) is 18.0 Å². The summed E-state index contributed by atoms with van der Waals surface area (Å²) in [6, 6.07) is 5.67. The molecular weight excluding hydrogens is 307 g/mol. The summed E-state index contributed by atoms with van der Waals surface area (Å²) in [5, 5.41) is 14.0. The third kappa shape index (κ3) is 4.48. The van der Waals surface area contributed by atoms with Crippen LogP contribution >= 0.6 is 35.6 Å². The second kappa shape index (κ2) is 8.30. The molecule has 0 bridgehead atoms. The van der Waals surface area contributed by atoms with E-state index in [-0.39, 0.29) is 25.1 Å². The van der Waals surface area contributed by atoms with Crippen LogP contribution in [0.5, 0.6) is 0 Å². The average molecular weight is 326 g/mol. The van der Waals surface area contributed by atoms with E-state index in [0.29, 0.717) is 11.4 Å². The number of nitrogens with zero attached hydrogens (tertiary/aromatic N) is 1. The highest BCUT2D eigenvalue weighted by atomic mass is 35.5. The Morgan fingerprint density at radius 1 is 1.26 bits per heavy atom. The topological polar surface area (TPSA) is 35.5 Å². The lowest BCUT2D eigenvalue weighted by atomic mass is 10.0. The first-order chi connectivity index (χ1) is 8.72. The summed E-state index contributed by atoms with van der Waals surface area (Å²) in [7, 11) is 0. The van der Waals surface area contributed by atoms with Crippen LogP contribution in [0.3, 0.4) is 0 Å². The number of aliphatic hydroxyl groups is 1. The fraction of sp³-hybridized carbons (Fsp3) is 0.538. The number of hydrogen-bond acceptors (Lipinski definition) is 3. The summed E-state index contributed by atoms with van der Waals surface area (Å²) in [5.41, 5.74) is 1.01. The highest BCUT2D eigenvalue weighted by Gasteiger charge is 2.23. The molecule has 2 rings (SSSR count). The molecule has 0 unspecified atom stereocenters. The van der Waals surface area contributed by atoms with E-state index in [4.69, 9.17) is 23.2 Å². The third-order valence-corrected chi connectivity index (χ3v) is 3.89. The number of benzene rings is 1. The van der Waals surface area contributed by atoms with Crippen LogP contribution < -0.4 is 5.32 Å². The fourth-order valence-corrected chi connectivity index (χ4v) is 2.84. The van der Waals surface area contributed by atoms with Gasteiger partial charge in [-0.05, 0) is 30.2 Å². The SMILES string of the molecule is Cl.OCC[C@@H](c1cc(Cl)ccc1Cl)N1CCNCC1. The molecule has 19 heavy (non-hydrogen) atoms. The molecule has 0 saturated carbocycles. The molecule has 0 aliphatic carbocycles. The van der Waals surface area contributed by atoms with E-state index in [1.807, 2.05) is 12.1 Å². The van der Waals surface area contributed by atoms with Gasteiger partial charge in [0, 0.05) is 48.9 Å². The first-order valence-corrected chi connectivity index (χ1v) is 6.98. The number of rotatable bonds is 4. The second-order valence-electron chi connectivity index (χ2n) is 4.48. The molecule has 0 radical (unpaired) electrons. The van der Waals surface area contributed by atoms with E-state index in [2.05, 4.69) is 10.2 Å². The highest BCUT2D eigenvalue weighted by Crippen LogP contribution is 2.32. The van der Waals surface area contributed by atoms with Crippen LogP contribution in [0.4, 0.5) is 0 Å². The van der Waals surface area contributed by atoms with E-state index >= 15 is 0 Å². The van der Waals surface area contributed by atoms with Gasteiger partial charge in [-0.15, -0.1) is 12.4 Å². The van der Waals surface area contributed by atoms with Crippen molar-refractivity contribution in [2.24, 2.45) is 0 Å². The number of aliphatic hydroxyl groups excluding tert-OH is 1. The molecule has 2 N–H and O–H groups in total. The van der Waals surface area contributed by atoms with Crippen molar-refractivity contribution in [1.29, 1.82) is 0 Å². The van der Waals surface area contributed by atoms with E-state index < -0.39 is 0 Å². The molecule has 1 aromatic carbocycles. The van der Waals surface area contributed by atoms with Crippen molar-refractivity contribution < 1.29 is 5.11 Å². The molecule has 0 aromatic heterocycles. The van der Waals surface area contributed by atoms with Crippen molar-refractivity contribution in [2.75, 3.05) is 32.8 Å². The molecule has 1 atom stereocenters. The Morgan fingerprint density at radius 3 is 2.58 bits per heavy atom.